The maximum absolute atomic E-state index is 5.68. The van der Waals surface area contributed by atoms with Crippen molar-refractivity contribution in [1.29, 1.82) is 0 Å². The maximum atomic E-state index is 5.68. The third kappa shape index (κ3) is 4.40. The number of hydrogen-bond donors (Lipinski definition) is 1. The zero-order chi connectivity index (χ0) is 10.4. The zero-order valence-corrected chi connectivity index (χ0v) is 10.3. The molecule has 0 saturated carbocycles. The summed E-state index contributed by atoms with van der Waals surface area (Å²) in [6.07, 6.45) is 2.10. The molecule has 0 heterocycles. The van der Waals surface area contributed by atoms with Crippen LogP contribution in [-0.2, 0) is 5.75 Å². The van der Waals surface area contributed by atoms with E-state index in [2.05, 4.69) is 30.5 Å². The number of rotatable bonds is 5. The average molecular weight is 227 g/mol. The average Bonchev–Trinajstić information content (AvgIpc) is 2.18. The third-order valence-corrected chi connectivity index (χ3v) is 3.85. The molecule has 1 aromatic rings. The van der Waals surface area contributed by atoms with Gasteiger partial charge in [-0.25, -0.2) is 0 Å². The summed E-state index contributed by atoms with van der Waals surface area (Å²) in [7, 11) is 0. The molecule has 0 aliphatic carbocycles. The van der Waals surface area contributed by atoms with Gasteiger partial charge in [-0.05, 0) is 30.9 Å². The van der Waals surface area contributed by atoms with E-state index < -0.39 is 0 Å². The fourth-order valence-electron chi connectivity index (χ4n) is 1.08. The molecule has 0 fully saturated rings. The first-order valence-electron chi connectivity index (χ1n) is 4.68. The van der Waals surface area contributed by atoms with Crippen molar-refractivity contribution in [1.82, 2.24) is 0 Å². The van der Waals surface area contributed by atoms with Crippen molar-refractivity contribution in [3.05, 3.63) is 29.8 Å². The molecule has 14 heavy (non-hydrogen) atoms. The van der Waals surface area contributed by atoms with Gasteiger partial charge in [0.05, 0.1) is 0 Å². The van der Waals surface area contributed by atoms with E-state index in [1.165, 1.54) is 10.5 Å². The second kappa shape index (κ2) is 6.38. The van der Waals surface area contributed by atoms with Gasteiger partial charge in [0.1, 0.15) is 0 Å². The lowest BCUT2D eigenvalue weighted by Gasteiger charge is -2.05. The lowest BCUT2D eigenvalue weighted by Crippen LogP contribution is -2.17. The Morgan fingerprint density at radius 3 is 2.43 bits per heavy atom. The van der Waals surface area contributed by atoms with Crippen molar-refractivity contribution in [2.75, 3.05) is 12.0 Å². The van der Waals surface area contributed by atoms with Crippen LogP contribution in [0.4, 0.5) is 0 Å². The molecule has 0 radical (unpaired) electrons. The van der Waals surface area contributed by atoms with Crippen LogP contribution in [0.2, 0.25) is 0 Å². The summed E-state index contributed by atoms with van der Waals surface area (Å²) in [5.41, 5.74) is 7.06. The Morgan fingerprint density at radius 2 is 1.93 bits per heavy atom. The first-order valence-corrected chi connectivity index (χ1v) is 7.06. The van der Waals surface area contributed by atoms with Crippen LogP contribution < -0.4 is 5.73 Å². The highest BCUT2D eigenvalue weighted by Gasteiger charge is 1.97. The highest BCUT2D eigenvalue weighted by Crippen LogP contribution is 2.18. The predicted molar refractivity (Wildman–Crippen MR) is 68.0 cm³/mol. The van der Waals surface area contributed by atoms with Crippen molar-refractivity contribution < 1.29 is 0 Å². The van der Waals surface area contributed by atoms with Crippen molar-refractivity contribution in [3.8, 4) is 0 Å². The Kier molecular flexibility index (Phi) is 5.45. The van der Waals surface area contributed by atoms with Crippen LogP contribution in [-0.4, -0.2) is 18.1 Å². The smallest absolute Gasteiger partial charge is 0.0185 e. The maximum Gasteiger partial charge on any atom is 0.0185 e. The van der Waals surface area contributed by atoms with Crippen molar-refractivity contribution >= 4 is 23.5 Å². The van der Waals surface area contributed by atoms with E-state index >= 15 is 0 Å². The number of thioether (sulfide) groups is 2. The molecule has 78 valence electrons. The van der Waals surface area contributed by atoms with E-state index in [0.717, 1.165) is 11.5 Å². The van der Waals surface area contributed by atoms with Crippen LogP contribution in [0.15, 0.2) is 29.2 Å². The van der Waals surface area contributed by atoms with Crippen LogP contribution in [0.1, 0.15) is 12.5 Å². The Morgan fingerprint density at radius 1 is 1.29 bits per heavy atom. The molecule has 0 aliphatic heterocycles. The monoisotopic (exact) mass is 227 g/mol. The molecule has 1 nitrogen and oxygen atoms in total. The second-order valence-electron chi connectivity index (χ2n) is 3.34. The van der Waals surface area contributed by atoms with E-state index in [0.29, 0.717) is 6.04 Å². The van der Waals surface area contributed by atoms with Crippen LogP contribution in [0, 0.1) is 0 Å². The Labute approximate surface area is 94.8 Å². The molecular weight excluding hydrogens is 210 g/mol. The molecule has 1 rings (SSSR count). The quantitative estimate of drug-likeness (QED) is 0.783. The van der Waals surface area contributed by atoms with Gasteiger partial charge in [-0.3, -0.25) is 0 Å². The summed E-state index contributed by atoms with van der Waals surface area (Å²) in [4.78, 5) is 1.32. The van der Waals surface area contributed by atoms with E-state index in [1.807, 2.05) is 18.7 Å². The zero-order valence-electron chi connectivity index (χ0n) is 8.69. The van der Waals surface area contributed by atoms with E-state index in [1.54, 1.807) is 11.8 Å². The third-order valence-electron chi connectivity index (χ3n) is 1.81. The van der Waals surface area contributed by atoms with E-state index in [9.17, 15) is 0 Å². The van der Waals surface area contributed by atoms with Gasteiger partial charge in [-0.2, -0.15) is 11.8 Å². The SMILES string of the molecule is CSc1ccc(CSCC(C)N)cc1. The number of nitrogens with two attached hydrogens (primary N) is 1. The lowest BCUT2D eigenvalue weighted by atomic mass is 10.2. The van der Waals surface area contributed by atoms with Gasteiger partial charge in [0.15, 0.2) is 0 Å². The highest BCUT2D eigenvalue weighted by molar-refractivity contribution is 7.98. The van der Waals surface area contributed by atoms with Crippen LogP contribution in [0.5, 0.6) is 0 Å². The summed E-state index contributed by atoms with van der Waals surface area (Å²) in [6, 6.07) is 9.03. The molecule has 0 saturated heterocycles. The standard InChI is InChI=1S/C11H17NS2/c1-9(12)7-14-8-10-3-5-11(13-2)6-4-10/h3-6,9H,7-8,12H2,1-2H3. The first-order chi connectivity index (χ1) is 6.72. The highest BCUT2D eigenvalue weighted by atomic mass is 32.2. The van der Waals surface area contributed by atoms with E-state index in [-0.39, 0.29) is 0 Å². The summed E-state index contributed by atoms with van der Waals surface area (Å²) in [6.45, 7) is 2.05. The summed E-state index contributed by atoms with van der Waals surface area (Å²) in [5.74, 6) is 2.10. The topological polar surface area (TPSA) is 26.0 Å². The largest absolute Gasteiger partial charge is 0.327 e. The lowest BCUT2D eigenvalue weighted by molar-refractivity contribution is 0.847. The molecule has 0 spiro atoms. The Balaban J connectivity index is 2.36. The molecule has 0 aromatic heterocycles. The van der Waals surface area contributed by atoms with Gasteiger partial charge in [0, 0.05) is 22.4 Å². The summed E-state index contributed by atoms with van der Waals surface area (Å²) in [5, 5.41) is 0. The fourth-order valence-corrected chi connectivity index (χ4v) is 2.41. The molecular formula is C11H17NS2. The van der Waals surface area contributed by atoms with Gasteiger partial charge in [0.25, 0.3) is 0 Å². The fraction of sp³-hybridized carbons (Fsp3) is 0.455. The first kappa shape index (κ1) is 12.0. The normalized spacial score (nSPS) is 12.8. The van der Waals surface area contributed by atoms with Crippen LogP contribution in [0.3, 0.4) is 0 Å². The predicted octanol–water partition coefficient (Wildman–Crippen LogP) is 2.99. The van der Waals surface area contributed by atoms with Gasteiger partial charge in [0.2, 0.25) is 0 Å². The molecule has 0 aliphatic rings. The Bertz CT molecular complexity index is 256. The molecule has 0 amide bonds. The number of hydrogen-bond acceptors (Lipinski definition) is 3. The van der Waals surface area contributed by atoms with Crippen LogP contribution in [0.25, 0.3) is 0 Å². The van der Waals surface area contributed by atoms with Crippen molar-refractivity contribution in [2.24, 2.45) is 5.73 Å². The van der Waals surface area contributed by atoms with Crippen molar-refractivity contribution in [3.63, 3.8) is 0 Å². The molecule has 0 bridgehead atoms. The molecule has 3 heteroatoms. The molecule has 1 unspecified atom stereocenters. The van der Waals surface area contributed by atoms with Gasteiger partial charge in [-0.15, -0.1) is 11.8 Å². The molecule has 1 aromatic carbocycles. The Hall–Kier alpha value is -0.120. The van der Waals surface area contributed by atoms with Crippen molar-refractivity contribution in [2.45, 2.75) is 23.6 Å². The number of benzene rings is 1. The second-order valence-corrected chi connectivity index (χ2v) is 5.25. The van der Waals surface area contributed by atoms with Crippen LogP contribution >= 0.6 is 23.5 Å². The minimum Gasteiger partial charge on any atom is -0.327 e. The summed E-state index contributed by atoms with van der Waals surface area (Å²) >= 11 is 3.68. The molecule has 1 atom stereocenters. The van der Waals surface area contributed by atoms with Gasteiger partial charge < -0.3 is 5.73 Å². The van der Waals surface area contributed by atoms with Gasteiger partial charge >= 0.3 is 0 Å². The van der Waals surface area contributed by atoms with Gasteiger partial charge in [-0.1, -0.05) is 12.1 Å². The summed E-state index contributed by atoms with van der Waals surface area (Å²) < 4.78 is 0. The molecule has 2 N–H and O–H groups in total. The minimum absolute atomic E-state index is 0.297. The minimum atomic E-state index is 0.297. The van der Waals surface area contributed by atoms with E-state index in [4.69, 9.17) is 5.73 Å².